The number of carbonyl (C=O) groups is 4. The van der Waals surface area contributed by atoms with Gasteiger partial charge in [-0.25, -0.2) is 9.13 Å². The van der Waals surface area contributed by atoms with Gasteiger partial charge in [-0.2, -0.15) is 0 Å². The fourth-order valence-corrected chi connectivity index (χ4v) is 10.7. The van der Waals surface area contributed by atoms with E-state index in [1.54, 1.807) is 0 Å². The molecule has 0 aromatic heterocycles. The Morgan fingerprint density at radius 2 is 0.578 bits per heavy atom. The molecule has 2 unspecified atom stereocenters. The van der Waals surface area contributed by atoms with Gasteiger partial charge < -0.3 is 33.8 Å². The standard InChI is InChI=1S/C64H120O17P2/c1-5-9-13-17-20-23-26-28-29-30-33-36-39-43-47-51-64(69)81-60(55-75-62(67)49-45-41-37-34-32-27-24-21-18-14-10-6-2)57-79-83(72,73)77-53-58(65)52-76-82(70,71)78-56-59(54-74-61(66)48-44-40-16-12-8-4)80-63(68)50-46-42-38-35-31-25-22-19-15-11-7-3/h23,26,28-29,58-60,65H,5-22,24-25,27,30-57H2,1-4H3,(H,70,71)(H,72,73)/b26-23-,29-28-/t58-,59+,60+/m0/s1. The zero-order chi connectivity index (χ0) is 61.2. The third-order valence-electron chi connectivity index (χ3n) is 14.2. The minimum atomic E-state index is -4.95. The minimum Gasteiger partial charge on any atom is -0.462 e. The van der Waals surface area contributed by atoms with Crippen LogP contribution in [0.3, 0.4) is 0 Å². The lowest BCUT2D eigenvalue weighted by atomic mass is 10.0. The molecule has 0 saturated heterocycles. The molecule has 0 spiro atoms. The lowest BCUT2D eigenvalue weighted by Gasteiger charge is -2.21. The second kappa shape index (κ2) is 58.6. The van der Waals surface area contributed by atoms with E-state index in [0.29, 0.717) is 25.7 Å². The van der Waals surface area contributed by atoms with E-state index in [4.69, 9.17) is 37.0 Å². The van der Waals surface area contributed by atoms with Gasteiger partial charge in [-0.05, 0) is 51.4 Å². The van der Waals surface area contributed by atoms with E-state index in [0.717, 1.165) is 109 Å². The van der Waals surface area contributed by atoms with Gasteiger partial charge in [-0.3, -0.25) is 37.3 Å². The second-order valence-electron chi connectivity index (χ2n) is 22.5. The highest BCUT2D eigenvalue weighted by Gasteiger charge is 2.30. The van der Waals surface area contributed by atoms with Gasteiger partial charge in [0, 0.05) is 25.7 Å². The molecule has 17 nitrogen and oxygen atoms in total. The van der Waals surface area contributed by atoms with Crippen LogP contribution >= 0.6 is 15.6 Å². The second-order valence-corrected chi connectivity index (χ2v) is 25.4. The molecular weight excluding hydrogens is 1100 g/mol. The van der Waals surface area contributed by atoms with Crippen LogP contribution in [0.25, 0.3) is 0 Å². The molecule has 0 bridgehead atoms. The van der Waals surface area contributed by atoms with Crippen LogP contribution in [0.5, 0.6) is 0 Å². The number of ether oxygens (including phenoxy) is 4. The monoisotopic (exact) mass is 1220 g/mol. The average Bonchev–Trinajstić information content (AvgIpc) is 3.46. The van der Waals surface area contributed by atoms with E-state index in [9.17, 15) is 43.2 Å². The number of aliphatic hydroxyl groups excluding tert-OH is 1. The van der Waals surface area contributed by atoms with Crippen molar-refractivity contribution in [3.05, 3.63) is 24.3 Å². The maximum Gasteiger partial charge on any atom is 0.472 e. The van der Waals surface area contributed by atoms with E-state index in [1.807, 2.05) is 0 Å². The molecule has 0 heterocycles. The summed E-state index contributed by atoms with van der Waals surface area (Å²) in [6, 6.07) is 0. The van der Waals surface area contributed by atoms with Crippen LogP contribution in [0.1, 0.15) is 304 Å². The largest absolute Gasteiger partial charge is 0.472 e. The number of rotatable bonds is 63. The Hall–Kier alpha value is -2.46. The molecule has 0 aromatic rings. The first kappa shape index (κ1) is 80.5. The van der Waals surface area contributed by atoms with Gasteiger partial charge in [0.1, 0.15) is 19.3 Å². The van der Waals surface area contributed by atoms with Crippen LogP contribution in [0.15, 0.2) is 24.3 Å². The van der Waals surface area contributed by atoms with Crippen LogP contribution in [0.4, 0.5) is 0 Å². The topological polar surface area (TPSA) is 237 Å². The average molecular weight is 1220 g/mol. The van der Waals surface area contributed by atoms with Gasteiger partial charge in [0.25, 0.3) is 0 Å². The van der Waals surface area contributed by atoms with Crippen molar-refractivity contribution >= 4 is 39.5 Å². The van der Waals surface area contributed by atoms with E-state index in [-0.39, 0.29) is 25.7 Å². The first-order valence-electron chi connectivity index (χ1n) is 33.1. The smallest absolute Gasteiger partial charge is 0.462 e. The van der Waals surface area contributed by atoms with Gasteiger partial charge in [-0.1, -0.05) is 251 Å². The van der Waals surface area contributed by atoms with Gasteiger partial charge in [0.2, 0.25) is 0 Å². The van der Waals surface area contributed by atoms with E-state index in [2.05, 4.69) is 52.0 Å². The zero-order valence-corrected chi connectivity index (χ0v) is 54.4. The van der Waals surface area contributed by atoms with E-state index < -0.39 is 97.5 Å². The summed E-state index contributed by atoms with van der Waals surface area (Å²) in [5, 5.41) is 10.5. The summed E-state index contributed by atoms with van der Waals surface area (Å²) in [4.78, 5) is 71.9. The van der Waals surface area contributed by atoms with Crippen molar-refractivity contribution in [2.45, 2.75) is 322 Å². The van der Waals surface area contributed by atoms with Crippen LogP contribution in [-0.2, 0) is 65.4 Å². The number of hydrogen-bond donors (Lipinski definition) is 3. The fraction of sp³-hybridized carbons (Fsp3) is 0.875. The molecule has 3 N–H and O–H groups in total. The van der Waals surface area contributed by atoms with Crippen molar-refractivity contribution in [1.82, 2.24) is 0 Å². The molecular formula is C64H120O17P2. The van der Waals surface area contributed by atoms with Gasteiger partial charge >= 0.3 is 39.5 Å². The predicted octanol–water partition coefficient (Wildman–Crippen LogP) is 17.5. The Balaban J connectivity index is 5.21. The molecule has 19 heteroatoms. The summed E-state index contributed by atoms with van der Waals surface area (Å²) in [5.74, 6) is -2.17. The Morgan fingerprint density at radius 3 is 0.880 bits per heavy atom. The van der Waals surface area contributed by atoms with Crippen LogP contribution in [-0.4, -0.2) is 96.7 Å². The maximum atomic E-state index is 13.0. The van der Waals surface area contributed by atoms with E-state index >= 15 is 0 Å². The molecule has 0 amide bonds. The normalized spacial score (nSPS) is 14.3. The Kier molecular flexibility index (Phi) is 56.8. The maximum absolute atomic E-state index is 13.0. The molecule has 83 heavy (non-hydrogen) atoms. The summed E-state index contributed by atoms with van der Waals surface area (Å²) in [5.41, 5.74) is 0. The predicted molar refractivity (Wildman–Crippen MR) is 331 cm³/mol. The van der Waals surface area contributed by atoms with Crippen molar-refractivity contribution in [3.8, 4) is 0 Å². The fourth-order valence-electron chi connectivity index (χ4n) is 9.09. The highest BCUT2D eigenvalue weighted by atomic mass is 31.2. The molecule has 0 aromatic carbocycles. The van der Waals surface area contributed by atoms with Crippen LogP contribution in [0, 0.1) is 0 Å². The molecule has 0 rings (SSSR count). The third kappa shape index (κ3) is 58.3. The number of hydrogen-bond acceptors (Lipinski definition) is 15. The number of carbonyl (C=O) groups excluding carboxylic acids is 4. The van der Waals surface area contributed by atoms with Crippen LogP contribution < -0.4 is 0 Å². The third-order valence-corrected chi connectivity index (χ3v) is 16.1. The molecule has 0 saturated carbocycles. The molecule has 0 aliphatic rings. The number of esters is 4. The van der Waals surface area contributed by atoms with Crippen LogP contribution in [0.2, 0.25) is 0 Å². The molecule has 0 aliphatic carbocycles. The first-order chi connectivity index (χ1) is 40.2. The quantitative estimate of drug-likeness (QED) is 0.0169. The number of aliphatic hydroxyl groups is 1. The summed E-state index contributed by atoms with van der Waals surface area (Å²) >= 11 is 0. The first-order valence-corrected chi connectivity index (χ1v) is 36.1. The highest BCUT2D eigenvalue weighted by molar-refractivity contribution is 7.47. The molecule has 0 radical (unpaired) electrons. The molecule has 488 valence electrons. The summed E-state index contributed by atoms with van der Waals surface area (Å²) in [6.07, 6.45) is 46.9. The minimum absolute atomic E-state index is 0.0855. The van der Waals surface area contributed by atoms with Crippen molar-refractivity contribution in [3.63, 3.8) is 0 Å². The Labute approximate surface area is 503 Å². The lowest BCUT2D eigenvalue weighted by Crippen LogP contribution is -2.30. The van der Waals surface area contributed by atoms with Gasteiger partial charge in [0.15, 0.2) is 12.2 Å². The van der Waals surface area contributed by atoms with E-state index in [1.165, 1.54) is 116 Å². The zero-order valence-electron chi connectivity index (χ0n) is 52.6. The lowest BCUT2D eigenvalue weighted by molar-refractivity contribution is -0.161. The Morgan fingerprint density at radius 1 is 0.337 bits per heavy atom. The summed E-state index contributed by atoms with van der Waals surface area (Å²) in [7, 11) is -9.89. The molecule has 0 fully saturated rings. The molecule has 0 aliphatic heterocycles. The number of unbranched alkanes of at least 4 members (excludes halogenated alkanes) is 34. The highest BCUT2D eigenvalue weighted by Crippen LogP contribution is 2.45. The SMILES string of the molecule is CCCCCC/C=C\C=C/CCCCCCCC(=O)O[C@H](COC(=O)CCCCCCCCCCCCCC)COP(=O)(O)OC[C@@H](O)COP(=O)(O)OC[C@@H](COC(=O)CCCCCCC)OC(=O)CCCCCCCCCCCCC. The summed E-state index contributed by atoms with van der Waals surface area (Å²) < 4.78 is 67.8. The Bertz CT molecular complexity index is 1700. The van der Waals surface area contributed by atoms with Crippen molar-refractivity contribution in [2.24, 2.45) is 0 Å². The van der Waals surface area contributed by atoms with Crippen molar-refractivity contribution in [2.75, 3.05) is 39.6 Å². The number of allylic oxidation sites excluding steroid dienone is 4. The van der Waals surface area contributed by atoms with Gasteiger partial charge in [0.05, 0.1) is 26.4 Å². The van der Waals surface area contributed by atoms with Crippen molar-refractivity contribution in [1.29, 1.82) is 0 Å². The number of phosphoric ester groups is 2. The van der Waals surface area contributed by atoms with Crippen molar-refractivity contribution < 1.29 is 80.2 Å². The number of phosphoric acid groups is 2. The molecule has 5 atom stereocenters. The summed E-state index contributed by atoms with van der Waals surface area (Å²) in [6.45, 7) is 4.74. The van der Waals surface area contributed by atoms with Gasteiger partial charge in [-0.15, -0.1) is 0 Å².